The number of hydrogen-bond acceptors (Lipinski definition) is 5. The Bertz CT molecular complexity index is 1150. The number of benzene rings is 3. The molecule has 7 nitrogen and oxygen atoms in total. The van der Waals surface area contributed by atoms with Gasteiger partial charge in [0.2, 0.25) is 5.91 Å². The van der Waals surface area contributed by atoms with E-state index in [2.05, 4.69) is 0 Å². The molecule has 0 aliphatic heterocycles. The Morgan fingerprint density at radius 1 is 0.844 bits per heavy atom. The SMILES string of the molecule is COc1ccc(S(=O)(=O)N(CC(=O)N(C)Cc2ccccc2)c2ccccc2OC)cc1. The van der Waals surface area contributed by atoms with Gasteiger partial charge in [-0.15, -0.1) is 0 Å². The molecule has 0 aromatic heterocycles. The fourth-order valence-electron chi connectivity index (χ4n) is 3.20. The molecular formula is C24H26N2O5S. The average molecular weight is 455 g/mol. The van der Waals surface area contributed by atoms with Crippen LogP contribution < -0.4 is 13.8 Å². The zero-order chi connectivity index (χ0) is 23.1. The number of hydrogen-bond donors (Lipinski definition) is 0. The summed E-state index contributed by atoms with van der Waals surface area (Å²) < 4.78 is 38.7. The van der Waals surface area contributed by atoms with Crippen molar-refractivity contribution in [3.63, 3.8) is 0 Å². The number of carbonyl (C=O) groups excluding carboxylic acids is 1. The van der Waals surface area contributed by atoms with Crippen molar-refractivity contribution < 1.29 is 22.7 Å². The number of rotatable bonds is 9. The number of sulfonamides is 1. The highest BCUT2D eigenvalue weighted by Gasteiger charge is 2.30. The number of nitrogens with zero attached hydrogens (tertiary/aromatic N) is 2. The second-order valence-corrected chi connectivity index (χ2v) is 8.96. The molecule has 0 bridgehead atoms. The van der Waals surface area contributed by atoms with Crippen LogP contribution in [0.3, 0.4) is 0 Å². The Hall–Kier alpha value is -3.52. The Morgan fingerprint density at radius 3 is 2.09 bits per heavy atom. The van der Waals surface area contributed by atoms with Gasteiger partial charge in [-0.1, -0.05) is 42.5 Å². The third-order valence-electron chi connectivity index (χ3n) is 4.97. The maximum Gasteiger partial charge on any atom is 0.264 e. The van der Waals surface area contributed by atoms with E-state index in [9.17, 15) is 13.2 Å². The predicted molar refractivity (Wildman–Crippen MR) is 123 cm³/mol. The van der Waals surface area contributed by atoms with Gasteiger partial charge in [-0.2, -0.15) is 0 Å². The summed E-state index contributed by atoms with van der Waals surface area (Å²) in [5, 5.41) is 0. The van der Waals surface area contributed by atoms with Crippen LogP contribution in [0, 0.1) is 0 Å². The van der Waals surface area contributed by atoms with Crippen molar-refractivity contribution in [1.29, 1.82) is 0 Å². The lowest BCUT2D eigenvalue weighted by molar-refractivity contribution is -0.128. The zero-order valence-corrected chi connectivity index (χ0v) is 19.1. The van der Waals surface area contributed by atoms with Gasteiger partial charge in [-0.05, 0) is 42.0 Å². The van der Waals surface area contributed by atoms with Crippen LogP contribution in [0.15, 0.2) is 83.8 Å². The Balaban J connectivity index is 1.96. The number of carbonyl (C=O) groups is 1. The first-order chi connectivity index (χ1) is 15.4. The molecular weight excluding hydrogens is 428 g/mol. The van der Waals surface area contributed by atoms with Crippen LogP contribution >= 0.6 is 0 Å². The predicted octanol–water partition coefficient (Wildman–Crippen LogP) is 3.56. The Labute approximate surface area is 188 Å². The lowest BCUT2D eigenvalue weighted by Crippen LogP contribution is -2.41. The Kier molecular flexibility index (Phi) is 7.37. The molecule has 3 rings (SSSR count). The first kappa shape index (κ1) is 23.1. The molecule has 0 aliphatic carbocycles. The third kappa shape index (κ3) is 5.20. The van der Waals surface area contributed by atoms with Crippen molar-refractivity contribution in [2.75, 3.05) is 32.1 Å². The van der Waals surface area contributed by atoms with Crippen molar-refractivity contribution in [3.05, 3.63) is 84.4 Å². The van der Waals surface area contributed by atoms with Crippen LogP contribution in [0.1, 0.15) is 5.56 Å². The van der Waals surface area contributed by atoms with Gasteiger partial charge in [0.15, 0.2) is 0 Å². The molecule has 32 heavy (non-hydrogen) atoms. The maximum absolute atomic E-state index is 13.6. The van der Waals surface area contributed by atoms with Gasteiger partial charge in [-0.25, -0.2) is 8.42 Å². The van der Waals surface area contributed by atoms with Crippen LogP contribution in [-0.4, -0.2) is 47.0 Å². The minimum Gasteiger partial charge on any atom is -0.497 e. The van der Waals surface area contributed by atoms with Crippen molar-refractivity contribution in [1.82, 2.24) is 4.90 Å². The fourth-order valence-corrected chi connectivity index (χ4v) is 4.62. The largest absolute Gasteiger partial charge is 0.497 e. The van der Waals surface area contributed by atoms with Gasteiger partial charge in [0.05, 0.1) is 24.8 Å². The first-order valence-corrected chi connectivity index (χ1v) is 11.4. The van der Waals surface area contributed by atoms with Gasteiger partial charge < -0.3 is 14.4 Å². The fraction of sp³-hybridized carbons (Fsp3) is 0.208. The minimum absolute atomic E-state index is 0.0442. The molecule has 0 saturated heterocycles. The highest BCUT2D eigenvalue weighted by atomic mass is 32.2. The maximum atomic E-state index is 13.6. The molecule has 0 heterocycles. The molecule has 0 saturated carbocycles. The van der Waals surface area contributed by atoms with Crippen LogP contribution in [0.25, 0.3) is 0 Å². The summed E-state index contributed by atoms with van der Waals surface area (Å²) in [6, 6.07) is 22.3. The smallest absolute Gasteiger partial charge is 0.264 e. The summed E-state index contributed by atoms with van der Waals surface area (Å²) in [5.41, 5.74) is 1.23. The molecule has 0 N–H and O–H groups in total. The number of ether oxygens (including phenoxy) is 2. The van der Waals surface area contributed by atoms with E-state index >= 15 is 0 Å². The number of methoxy groups -OCH3 is 2. The molecule has 0 aliphatic rings. The van der Waals surface area contributed by atoms with E-state index in [1.807, 2.05) is 30.3 Å². The second kappa shape index (κ2) is 10.2. The normalized spacial score (nSPS) is 11.0. The second-order valence-electron chi connectivity index (χ2n) is 7.09. The number of amides is 1. The summed E-state index contributed by atoms with van der Waals surface area (Å²) in [6.45, 7) is -0.0138. The summed E-state index contributed by atoms with van der Waals surface area (Å²) in [5.74, 6) is 0.534. The zero-order valence-electron chi connectivity index (χ0n) is 18.3. The van der Waals surface area contributed by atoms with Gasteiger partial charge in [0, 0.05) is 13.6 Å². The van der Waals surface area contributed by atoms with E-state index < -0.39 is 10.0 Å². The third-order valence-corrected chi connectivity index (χ3v) is 6.74. The van der Waals surface area contributed by atoms with Gasteiger partial charge in [-0.3, -0.25) is 9.10 Å². The molecule has 0 fully saturated rings. The molecule has 168 valence electrons. The van der Waals surface area contributed by atoms with Gasteiger partial charge in [0.25, 0.3) is 10.0 Å². The molecule has 8 heteroatoms. The molecule has 3 aromatic carbocycles. The van der Waals surface area contributed by atoms with Crippen LogP contribution in [0.2, 0.25) is 0 Å². The van der Waals surface area contributed by atoms with Crippen molar-refractivity contribution in [2.24, 2.45) is 0 Å². The van der Waals surface area contributed by atoms with Crippen LogP contribution in [-0.2, 0) is 21.4 Å². The van der Waals surface area contributed by atoms with E-state index in [4.69, 9.17) is 9.47 Å². The van der Waals surface area contributed by atoms with E-state index in [0.717, 1.165) is 9.87 Å². The first-order valence-electron chi connectivity index (χ1n) is 9.94. The van der Waals surface area contributed by atoms with E-state index in [0.29, 0.717) is 18.0 Å². The topological polar surface area (TPSA) is 76.2 Å². The van der Waals surface area contributed by atoms with E-state index in [1.165, 1.54) is 31.3 Å². The molecule has 0 atom stereocenters. The molecule has 0 unspecified atom stereocenters. The lowest BCUT2D eigenvalue weighted by atomic mass is 10.2. The number of likely N-dealkylation sites (N-methyl/N-ethyl adjacent to an activating group) is 1. The van der Waals surface area contributed by atoms with Crippen LogP contribution in [0.5, 0.6) is 11.5 Å². The van der Waals surface area contributed by atoms with Crippen molar-refractivity contribution in [2.45, 2.75) is 11.4 Å². The van der Waals surface area contributed by atoms with Crippen LogP contribution in [0.4, 0.5) is 5.69 Å². The van der Waals surface area contributed by atoms with E-state index in [1.54, 1.807) is 43.4 Å². The van der Waals surface area contributed by atoms with Crippen molar-refractivity contribution >= 4 is 21.6 Å². The minimum atomic E-state index is -4.06. The van der Waals surface area contributed by atoms with Crippen molar-refractivity contribution in [3.8, 4) is 11.5 Å². The summed E-state index contributed by atoms with van der Waals surface area (Å²) in [7, 11) is 0.550. The highest BCUT2D eigenvalue weighted by molar-refractivity contribution is 7.92. The highest BCUT2D eigenvalue weighted by Crippen LogP contribution is 2.32. The summed E-state index contributed by atoms with van der Waals surface area (Å²) in [4.78, 5) is 14.6. The van der Waals surface area contributed by atoms with Gasteiger partial charge in [0.1, 0.15) is 18.0 Å². The summed E-state index contributed by atoms with van der Waals surface area (Å²) in [6.07, 6.45) is 0. The molecule has 0 spiro atoms. The number of anilines is 1. The summed E-state index contributed by atoms with van der Waals surface area (Å²) >= 11 is 0. The average Bonchev–Trinajstić information content (AvgIpc) is 2.82. The van der Waals surface area contributed by atoms with E-state index in [-0.39, 0.29) is 23.0 Å². The lowest BCUT2D eigenvalue weighted by Gasteiger charge is -2.28. The molecule has 0 radical (unpaired) electrons. The standard InChI is InChI=1S/C24H26N2O5S/c1-25(17-19-9-5-4-6-10-19)24(27)18-26(22-11-7-8-12-23(22)31-3)32(28,29)21-15-13-20(30-2)14-16-21/h4-16H,17-18H2,1-3H3. The Morgan fingerprint density at radius 2 is 1.47 bits per heavy atom. The molecule has 3 aromatic rings. The number of para-hydroxylation sites is 2. The van der Waals surface area contributed by atoms with Gasteiger partial charge >= 0.3 is 0 Å². The monoisotopic (exact) mass is 454 g/mol. The molecule has 1 amide bonds. The quantitative estimate of drug-likeness (QED) is 0.494.